The first kappa shape index (κ1) is 14.4. The fourth-order valence-electron chi connectivity index (χ4n) is 1.26. The minimum absolute atomic E-state index is 0.0457. The Balaban J connectivity index is 2.31. The summed E-state index contributed by atoms with van der Waals surface area (Å²) < 4.78 is 36.2. The zero-order valence-corrected chi connectivity index (χ0v) is 10.7. The third-order valence-corrected chi connectivity index (χ3v) is 2.96. The van der Waals surface area contributed by atoms with E-state index in [2.05, 4.69) is 15.5 Å². The molecule has 1 N–H and O–H groups in total. The van der Waals surface area contributed by atoms with Crippen molar-refractivity contribution in [1.82, 2.24) is 15.5 Å². The van der Waals surface area contributed by atoms with Crippen LogP contribution in [0.2, 0.25) is 0 Å². The van der Waals surface area contributed by atoms with Gasteiger partial charge in [0.15, 0.2) is 0 Å². The van der Waals surface area contributed by atoms with Crippen molar-refractivity contribution in [3.05, 3.63) is 10.0 Å². The molecule has 1 heterocycles. The SMILES string of the molecule is CC(C)NCCCc1nnc(CC(F)(F)F)s1. The highest BCUT2D eigenvalue weighted by atomic mass is 32.1. The summed E-state index contributed by atoms with van der Waals surface area (Å²) in [6.07, 6.45) is -3.64. The van der Waals surface area contributed by atoms with Crippen molar-refractivity contribution in [3.8, 4) is 0 Å². The Kier molecular flexibility index (Phi) is 5.32. The zero-order valence-electron chi connectivity index (χ0n) is 9.84. The van der Waals surface area contributed by atoms with Crippen LogP contribution in [0.15, 0.2) is 0 Å². The summed E-state index contributed by atoms with van der Waals surface area (Å²) >= 11 is 1.05. The monoisotopic (exact) mass is 267 g/mol. The fraction of sp³-hybridized carbons (Fsp3) is 0.800. The molecule has 0 aliphatic carbocycles. The van der Waals surface area contributed by atoms with Crippen LogP contribution in [0.3, 0.4) is 0 Å². The third kappa shape index (κ3) is 6.58. The summed E-state index contributed by atoms with van der Waals surface area (Å²) in [4.78, 5) is 0. The second-order valence-electron chi connectivity index (χ2n) is 4.09. The van der Waals surface area contributed by atoms with E-state index in [1.807, 2.05) is 13.8 Å². The standard InChI is InChI=1S/C10H16F3N3S/c1-7(2)14-5-3-4-8-15-16-9(17-8)6-10(11,12)13/h7,14H,3-6H2,1-2H3. The van der Waals surface area contributed by atoms with Gasteiger partial charge in [-0.05, 0) is 13.0 Å². The molecule has 0 unspecified atom stereocenters. The summed E-state index contributed by atoms with van der Waals surface area (Å²) in [6.45, 7) is 4.94. The summed E-state index contributed by atoms with van der Waals surface area (Å²) in [5.41, 5.74) is 0. The van der Waals surface area contributed by atoms with E-state index in [1.165, 1.54) is 0 Å². The molecule has 1 aromatic heterocycles. The van der Waals surface area contributed by atoms with Gasteiger partial charge in [0, 0.05) is 12.5 Å². The molecule has 0 saturated carbocycles. The summed E-state index contributed by atoms with van der Waals surface area (Å²) in [5.74, 6) is 0. The maximum Gasteiger partial charge on any atom is 0.395 e. The minimum atomic E-state index is -4.20. The van der Waals surface area contributed by atoms with Crippen LogP contribution in [-0.2, 0) is 12.8 Å². The fourth-order valence-corrected chi connectivity index (χ4v) is 2.18. The van der Waals surface area contributed by atoms with Crippen molar-refractivity contribution in [2.45, 2.75) is 45.3 Å². The second-order valence-corrected chi connectivity index (χ2v) is 5.24. The van der Waals surface area contributed by atoms with E-state index in [0.717, 1.165) is 24.3 Å². The van der Waals surface area contributed by atoms with E-state index in [9.17, 15) is 13.2 Å². The smallest absolute Gasteiger partial charge is 0.315 e. The summed E-state index contributed by atoms with van der Waals surface area (Å²) in [6, 6.07) is 0.421. The number of alkyl halides is 3. The van der Waals surface area contributed by atoms with Crippen molar-refractivity contribution < 1.29 is 13.2 Å². The van der Waals surface area contributed by atoms with Gasteiger partial charge in [-0.2, -0.15) is 13.2 Å². The van der Waals surface area contributed by atoms with Gasteiger partial charge in [-0.25, -0.2) is 0 Å². The van der Waals surface area contributed by atoms with Gasteiger partial charge in [-0.1, -0.05) is 13.8 Å². The highest BCUT2D eigenvalue weighted by molar-refractivity contribution is 7.11. The third-order valence-electron chi connectivity index (χ3n) is 1.98. The minimum Gasteiger partial charge on any atom is -0.315 e. The van der Waals surface area contributed by atoms with Crippen LogP contribution in [-0.4, -0.2) is 29.0 Å². The molecule has 0 aliphatic rings. The van der Waals surface area contributed by atoms with Gasteiger partial charge in [0.05, 0.1) is 6.42 Å². The molecule has 7 heteroatoms. The Morgan fingerprint density at radius 3 is 2.47 bits per heavy atom. The molecule has 0 aliphatic heterocycles. The van der Waals surface area contributed by atoms with E-state index < -0.39 is 12.6 Å². The predicted molar refractivity (Wildman–Crippen MR) is 61.1 cm³/mol. The van der Waals surface area contributed by atoms with Crippen LogP contribution in [0.25, 0.3) is 0 Å². The maximum atomic E-state index is 12.1. The lowest BCUT2D eigenvalue weighted by Crippen LogP contribution is -2.23. The molecule has 1 aromatic rings. The molecule has 1 rings (SSSR count). The van der Waals surface area contributed by atoms with Crippen LogP contribution < -0.4 is 5.32 Å². The molecular weight excluding hydrogens is 251 g/mol. The van der Waals surface area contributed by atoms with Gasteiger partial charge < -0.3 is 5.32 Å². The highest BCUT2D eigenvalue weighted by Crippen LogP contribution is 2.23. The Labute approximate surface area is 102 Å². The number of hydrogen-bond donors (Lipinski definition) is 1. The van der Waals surface area contributed by atoms with Crippen LogP contribution in [0.5, 0.6) is 0 Å². The first-order valence-electron chi connectivity index (χ1n) is 5.48. The molecule has 3 nitrogen and oxygen atoms in total. The predicted octanol–water partition coefficient (Wildman–Crippen LogP) is 2.57. The van der Waals surface area contributed by atoms with Crippen LogP contribution in [0.1, 0.15) is 30.3 Å². The molecular formula is C10H16F3N3S. The molecule has 0 radical (unpaired) electrons. The van der Waals surface area contributed by atoms with Gasteiger partial charge in [-0.15, -0.1) is 21.5 Å². The molecule has 0 atom stereocenters. The van der Waals surface area contributed by atoms with Gasteiger partial charge in [-0.3, -0.25) is 0 Å². The number of halogens is 3. The summed E-state index contributed by atoms with van der Waals surface area (Å²) in [5, 5.41) is 11.3. The number of rotatable bonds is 6. The highest BCUT2D eigenvalue weighted by Gasteiger charge is 2.29. The van der Waals surface area contributed by atoms with Gasteiger partial charge >= 0.3 is 6.18 Å². The summed E-state index contributed by atoms with van der Waals surface area (Å²) in [7, 11) is 0. The Bertz CT molecular complexity index is 336. The Morgan fingerprint density at radius 1 is 1.24 bits per heavy atom. The average molecular weight is 267 g/mol. The number of aromatic nitrogens is 2. The molecule has 98 valence electrons. The zero-order chi connectivity index (χ0) is 12.9. The molecule has 0 bridgehead atoms. The van der Waals surface area contributed by atoms with Crippen molar-refractivity contribution in [2.24, 2.45) is 0 Å². The largest absolute Gasteiger partial charge is 0.395 e. The topological polar surface area (TPSA) is 37.8 Å². The van der Waals surface area contributed by atoms with E-state index in [4.69, 9.17) is 0 Å². The first-order chi connectivity index (χ1) is 7.87. The van der Waals surface area contributed by atoms with Crippen molar-refractivity contribution in [2.75, 3.05) is 6.54 Å². The van der Waals surface area contributed by atoms with Gasteiger partial charge in [0.25, 0.3) is 0 Å². The molecule has 0 saturated heterocycles. The second kappa shape index (κ2) is 6.30. The maximum absolute atomic E-state index is 12.1. The lowest BCUT2D eigenvalue weighted by Gasteiger charge is -2.05. The van der Waals surface area contributed by atoms with E-state index >= 15 is 0 Å². The van der Waals surface area contributed by atoms with E-state index in [0.29, 0.717) is 17.5 Å². The van der Waals surface area contributed by atoms with Crippen LogP contribution in [0, 0.1) is 0 Å². The molecule has 17 heavy (non-hydrogen) atoms. The Hall–Kier alpha value is -0.690. The Morgan fingerprint density at radius 2 is 1.88 bits per heavy atom. The van der Waals surface area contributed by atoms with Crippen LogP contribution in [0.4, 0.5) is 13.2 Å². The lowest BCUT2D eigenvalue weighted by molar-refractivity contribution is -0.127. The molecule has 0 amide bonds. The number of aryl methyl sites for hydroxylation is 1. The molecule has 0 aromatic carbocycles. The van der Waals surface area contributed by atoms with Crippen LogP contribution >= 0.6 is 11.3 Å². The quantitative estimate of drug-likeness (QED) is 0.805. The first-order valence-corrected chi connectivity index (χ1v) is 6.30. The normalized spacial score (nSPS) is 12.4. The van der Waals surface area contributed by atoms with Crippen molar-refractivity contribution in [1.29, 1.82) is 0 Å². The van der Waals surface area contributed by atoms with E-state index in [1.54, 1.807) is 0 Å². The van der Waals surface area contributed by atoms with Crippen molar-refractivity contribution in [3.63, 3.8) is 0 Å². The van der Waals surface area contributed by atoms with Gasteiger partial charge in [0.1, 0.15) is 10.0 Å². The number of nitrogens with zero attached hydrogens (tertiary/aromatic N) is 2. The molecule has 0 spiro atoms. The molecule has 0 fully saturated rings. The number of hydrogen-bond acceptors (Lipinski definition) is 4. The average Bonchev–Trinajstić information content (AvgIpc) is 2.57. The van der Waals surface area contributed by atoms with Crippen molar-refractivity contribution >= 4 is 11.3 Å². The number of nitrogens with one attached hydrogen (secondary N) is 1. The lowest BCUT2D eigenvalue weighted by atomic mass is 10.3. The van der Waals surface area contributed by atoms with Gasteiger partial charge in [0.2, 0.25) is 0 Å². The van der Waals surface area contributed by atoms with E-state index in [-0.39, 0.29) is 5.01 Å².